The van der Waals surface area contributed by atoms with Crippen molar-refractivity contribution in [1.29, 1.82) is 0 Å². The summed E-state index contributed by atoms with van der Waals surface area (Å²) in [6.45, 7) is 0.0909. The largest absolute Gasteiger partial charge is 0.343 e. The second-order valence-electron chi connectivity index (χ2n) is 3.09. The Balaban J connectivity index is 2.12. The fraction of sp³-hybridized carbons (Fsp3) is 0.125. The van der Waals surface area contributed by atoms with E-state index in [9.17, 15) is 4.79 Å². The zero-order valence-corrected chi connectivity index (χ0v) is 10.9. The molecule has 94 valence electrons. The molecule has 0 spiro atoms. The Morgan fingerprint density at radius 2 is 2.11 bits per heavy atom. The molecule has 18 heavy (non-hydrogen) atoms. The number of nitrogens with zero attached hydrogens (tertiary/aromatic N) is 4. The number of hydrogen-bond donors (Lipinski definition) is 2. The van der Waals surface area contributed by atoms with Gasteiger partial charge in [0.2, 0.25) is 0 Å². The van der Waals surface area contributed by atoms with Gasteiger partial charge in [-0.2, -0.15) is 5.21 Å². The topological polar surface area (TPSA) is 96.5 Å². The number of aromatic nitrogens is 5. The number of carbonyl (C=O) groups is 1. The maximum absolute atomic E-state index is 11.8. The summed E-state index contributed by atoms with van der Waals surface area (Å²) in [7, 11) is 0. The van der Waals surface area contributed by atoms with Crippen LogP contribution in [0.1, 0.15) is 16.3 Å². The number of tetrazole rings is 1. The molecule has 0 aliphatic carbocycles. The number of halogens is 3. The van der Waals surface area contributed by atoms with Crippen LogP contribution in [0.4, 0.5) is 0 Å². The van der Waals surface area contributed by atoms with Crippen molar-refractivity contribution < 1.29 is 4.79 Å². The van der Waals surface area contributed by atoms with Gasteiger partial charge in [0.25, 0.3) is 5.91 Å². The first kappa shape index (κ1) is 13.0. The van der Waals surface area contributed by atoms with Crippen LogP contribution >= 0.6 is 34.8 Å². The molecule has 2 N–H and O–H groups in total. The third kappa shape index (κ3) is 2.69. The quantitative estimate of drug-likeness (QED) is 0.895. The zero-order chi connectivity index (χ0) is 13.1. The molecular formula is C8H5Cl3N6O. The molecule has 2 aromatic heterocycles. The van der Waals surface area contributed by atoms with Crippen molar-refractivity contribution in [3.8, 4) is 0 Å². The molecule has 0 unspecified atom stereocenters. The lowest BCUT2D eigenvalue weighted by atomic mass is 10.3. The molecule has 0 fully saturated rings. The highest BCUT2D eigenvalue weighted by atomic mass is 35.5. The van der Waals surface area contributed by atoms with Crippen molar-refractivity contribution in [3.05, 3.63) is 32.8 Å². The van der Waals surface area contributed by atoms with E-state index in [0.717, 1.165) is 0 Å². The Bertz CT molecular complexity index is 572. The van der Waals surface area contributed by atoms with Gasteiger partial charge in [0.15, 0.2) is 5.82 Å². The Morgan fingerprint density at radius 1 is 1.33 bits per heavy atom. The number of pyridine rings is 1. The lowest BCUT2D eigenvalue weighted by Crippen LogP contribution is -2.24. The molecule has 0 aliphatic rings. The molecule has 0 aliphatic heterocycles. The van der Waals surface area contributed by atoms with Gasteiger partial charge in [-0.1, -0.05) is 40.0 Å². The van der Waals surface area contributed by atoms with Gasteiger partial charge < -0.3 is 5.32 Å². The maximum atomic E-state index is 11.8. The van der Waals surface area contributed by atoms with Gasteiger partial charge in [0, 0.05) is 6.20 Å². The predicted octanol–water partition coefficient (Wildman–Crippen LogP) is 1.48. The fourth-order valence-electron chi connectivity index (χ4n) is 1.10. The molecule has 7 nitrogen and oxygen atoms in total. The van der Waals surface area contributed by atoms with Crippen molar-refractivity contribution in [2.45, 2.75) is 6.54 Å². The summed E-state index contributed by atoms with van der Waals surface area (Å²) in [5.74, 6) is -0.178. The molecule has 0 aromatic carbocycles. The van der Waals surface area contributed by atoms with Crippen molar-refractivity contribution in [1.82, 2.24) is 30.9 Å². The highest BCUT2D eigenvalue weighted by molar-refractivity contribution is 6.48. The van der Waals surface area contributed by atoms with Gasteiger partial charge in [-0.15, -0.1) is 10.2 Å². The van der Waals surface area contributed by atoms with Crippen LogP contribution in [0.25, 0.3) is 0 Å². The van der Waals surface area contributed by atoms with Crippen LogP contribution in [0.15, 0.2) is 6.20 Å². The number of aromatic amines is 1. The standard InChI is InChI=1S/C8H5Cl3N6O/c9-3-1-12-7(6(11)5(3)10)8(18)13-2-4-14-16-17-15-4/h1H,2H2,(H,13,18)(H,14,15,16,17). The number of carbonyl (C=O) groups excluding carboxylic acids is 1. The predicted molar refractivity (Wildman–Crippen MR) is 64.6 cm³/mol. The van der Waals surface area contributed by atoms with Crippen LogP contribution < -0.4 is 5.32 Å². The van der Waals surface area contributed by atoms with E-state index >= 15 is 0 Å². The monoisotopic (exact) mass is 306 g/mol. The van der Waals surface area contributed by atoms with E-state index < -0.39 is 5.91 Å². The molecule has 0 radical (unpaired) electrons. The molecule has 0 saturated heterocycles. The summed E-state index contributed by atoms with van der Waals surface area (Å²) < 4.78 is 0. The summed E-state index contributed by atoms with van der Waals surface area (Å²) in [5.41, 5.74) is -0.0189. The Labute approximate surface area is 116 Å². The Morgan fingerprint density at radius 3 is 2.78 bits per heavy atom. The highest BCUT2D eigenvalue weighted by Crippen LogP contribution is 2.30. The second-order valence-corrected chi connectivity index (χ2v) is 4.26. The van der Waals surface area contributed by atoms with Gasteiger partial charge in [-0.25, -0.2) is 4.98 Å². The van der Waals surface area contributed by atoms with Crippen molar-refractivity contribution >= 4 is 40.7 Å². The first-order chi connectivity index (χ1) is 8.59. The summed E-state index contributed by atoms with van der Waals surface area (Å²) in [6, 6.07) is 0. The Hall–Kier alpha value is -1.44. The minimum absolute atomic E-state index is 0.00483. The van der Waals surface area contributed by atoms with E-state index in [0.29, 0.717) is 5.82 Å². The summed E-state index contributed by atoms with van der Waals surface area (Å²) in [5, 5.41) is 15.7. The van der Waals surface area contributed by atoms with Crippen molar-refractivity contribution in [3.63, 3.8) is 0 Å². The third-order valence-electron chi connectivity index (χ3n) is 1.93. The Kier molecular flexibility index (Phi) is 3.95. The average molecular weight is 308 g/mol. The van der Waals surface area contributed by atoms with E-state index in [1.165, 1.54) is 6.20 Å². The number of H-pyrrole nitrogens is 1. The number of nitrogens with one attached hydrogen (secondary N) is 2. The van der Waals surface area contributed by atoms with E-state index in [1.807, 2.05) is 0 Å². The van der Waals surface area contributed by atoms with Gasteiger partial charge >= 0.3 is 0 Å². The third-order valence-corrected chi connectivity index (χ3v) is 3.17. The lowest BCUT2D eigenvalue weighted by Gasteiger charge is -2.05. The normalized spacial score (nSPS) is 10.4. The lowest BCUT2D eigenvalue weighted by molar-refractivity contribution is 0.0945. The molecular weight excluding hydrogens is 302 g/mol. The van der Waals surface area contributed by atoms with Crippen LogP contribution in [0.5, 0.6) is 0 Å². The van der Waals surface area contributed by atoms with Gasteiger partial charge in [-0.05, 0) is 0 Å². The number of rotatable bonds is 3. The molecule has 0 atom stereocenters. The number of hydrogen-bond acceptors (Lipinski definition) is 5. The minimum Gasteiger partial charge on any atom is -0.343 e. The maximum Gasteiger partial charge on any atom is 0.271 e. The SMILES string of the molecule is O=C(NCc1nn[nH]n1)c1ncc(Cl)c(Cl)c1Cl. The first-order valence-corrected chi connectivity index (χ1v) is 5.73. The molecule has 0 saturated carbocycles. The van der Waals surface area contributed by atoms with Crippen LogP contribution in [-0.2, 0) is 6.54 Å². The van der Waals surface area contributed by atoms with Crippen LogP contribution in [-0.4, -0.2) is 31.5 Å². The summed E-state index contributed by atoms with van der Waals surface area (Å²) >= 11 is 17.4. The average Bonchev–Trinajstić information content (AvgIpc) is 2.86. The van der Waals surface area contributed by atoms with Crippen LogP contribution in [0.2, 0.25) is 15.1 Å². The fourth-order valence-corrected chi connectivity index (χ4v) is 1.67. The summed E-state index contributed by atoms with van der Waals surface area (Å²) in [4.78, 5) is 15.6. The van der Waals surface area contributed by atoms with Crippen LogP contribution in [0.3, 0.4) is 0 Å². The molecule has 2 aromatic rings. The zero-order valence-electron chi connectivity index (χ0n) is 8.62. The molecule has 0 bridgehead atoms. The minimum atomic E-state index is -0.511. The molecule has 2 rings (SSSR count). The number of amides is 1. The summed E-state index contributed by atoms with van der Waals surface area (Å²) in [6.07, 6.45) is 1.25. The molecule has 10 heteroatoms. The molecule has 1 amide bonds. The van der Waals surface area contributed by atoms with Crippen molar-refractivity contribution in [2.75, 3.05) is 0 Å². The van der Waals surface area contributed by atoms with E-state index in [4.69, 9.17) is 34.8 Å². The van der Waals surface area contributed by atoms with Gasteiger partial charge in [-0.3, -0.25) is 4.79 Å². The van der Waals surface area contributed by atoms with Gasteiger partial charge in [0.05, 0.1) is 21.6 Å². The highest BCUT2D eigenvalue weighted by Gasteiger charge is 2.17. The van der Waals surface area contributed by atoms with Gasteiger partial charge in [0.1, 0.15) is 5.69 Å². The van der Waals surface area contributed by atoms with E-state index in [1.54, 1.807) is 0 Å². The van der Waals surface area contributed by atoms with Crippen LogP contribution in [0, 0.1) is 0 Å². The second kappa shape index (κ2) is 5.47. The van der Waals surface area contributed by atoms with E-state index in [-0.39, 0.29) is 27.3 Å². The van der Waals surface area contributed by atoms with Crippen molar-refractivity contribution in [2.24, 2.45) is 0 Å². The smallest absolute Gasteiger partial charge is 0.271 e. The molecule has 2 heterocycles. The van der Waals surface area contributed by atoms with E-state index in [2.05, 4.69) is 30.9 Å². The first-order valence-electron chi connectivity index (χ1n) is 4.59.